The lowest BCUT2D eigenvalue weighted by Gasteiger charge is -2.12. The third-order valence-electron chi connectivity index (χ3n) is 2.78. The Morgan fingerprint density at radius 3 is 2.43 bits per heavy atom. The van der Waals surface area contributed by atoms with E-state index in [1.165, 1.54) is 0 Å². The summed E-state index contributed by atoms with van der Waals surface area (Å²) < 4.78 is 0. The summed E-state index contributed by atoms with van der Waals surface area (Å²) in [4.78, 5) is 14.1. The normalized spacial score (nSPS) is 10.4. The maximum atomic E-state index is 11.9. The fourth-order valence-corrected chi connectivity index (χ4v) is 2.66. The molecule has 110 valence electrons. The molecule has 0 atom stereocenters. The van der Waals surface area contributed by atoms with Crippen LogP contribution in [0.5, 0.6) is 0 Å². The van der Waals surface area contributed by atoms with Crippen molar-refractivity contribution in [2.24, 2.45) is 5.92 Å². The van der Waals surface area contributed by atoms with Gasteiger partial charge in [-0.1, -0.05) is 55.9 Å². The minimum absolute atomic E-state index is 0.162. The van der Waals surface area contributed by atoms with E-state index in [9.17, 15) is 4.79 Å². The monoisotopic (exact) mass is 300 g/mol. The Morgan fingerprint density at radius 2 is 1.71 bits per heavy atom. The zero-order valence-corrected chi connectivity index (χ0v) is 13.1. The Kier molecular flexibility index (Phi) is 5.69. The highest BCUT2D eigenvalue weighted by atomic mass is 32.2. The van der Waals surface area contributed by atoms with E-state index in [1.54, 1.807) is 11.8 Å². The highest BCUT2D eigenvalue weighted by Crippen LogP contribution is 2.33. The molecule has 0 aromatic heterocycles. The second-order valence-corrected chi connectivity index (χ2v) is 6.26. The van der Waals surface area contributed by atoms with Crippen LogP contribution in [0.1, 0.15) is 13.8 Å². The van der Waals surface area contributed by atoms with Gasteiger partial charge < -0.3 is 10.6 Å². The minimum Gasteiger partial charge on any atom is -0.338 e. The lowest BCUT2D eigenvalue weighted by Crippen LogP contribution is -2.31. The highest BCUT2D eigenvalue weighted by Gasteiger charge is 2.07. The van der Waals surface area contributed by atoms with Crippen LogP contribution in [0, 0.1) is 5.92 Å². The Balaban J connectivity index is 2.05. The molecule has 0 saturated heterocycles. The summed E-state index contributed by atoms with van der Waals surface area (Å²) in [6, 6.07) is 17.8. The van der Waals surface area contributed by atoms with Gasteiger partial charge in [0.05, 0.1) is 5.69 Å². The Labute approximate surface area is 130 Å². The first-order chi connectivity index (χ1) is 10.1. The van der Waals surface area contributed by atoms with E-state index >= 15 is 0 Å². The molecule has 2 rings (SSSR count). The first-order valence-electron chi connectivity index (χ1n) is 7.02. The number of benzene rings is 2. The van der Waals surface area contributed by atoms with Gasteiger partial charge in [0.1, 0.15) is 0 Å². The molecule has 0 spiro atoms. The number of urea groups is 1. The molecule has 0 aliphatic rings. The summed E-state index contributed by atoms with van der Waals surface area (Å²) in [6.07, 6.45) is 0. The molecule has 2 N–H and O–H groups in total. The van der Waals surface area contributed by atoms with Gasteiger partial charge in [-0.25, -0.2) is 4.79 Å². The number of carbonyl (C=O) groups is 1. The molecular formula is C17H20N2OS. The Hall–Kier alpha value is -1.94. The predicted molar refractivity (Wildman–Crippen MR) is 88.9 cm³/mol. The molecule has 21 heavy (non-hydrogen) atoms. The van der Waals surface area contributed by atoms with E-state index in [-0.39, 0.29) is 6.03 Å². The van der Waals surface area contributed by atoms with Crippen LogP contribution >= 0.6 is 11.8 Å². The van der Waals surface area contributed by atoms with Gasteiger partial charge in [-0.3, -0.25) is 0 Å². The van der Waals surface area contributed by atoms with E-state index in [4.69, 9.17) is 0 Å². The van der Waals surface area contributed by atoms with Gasteiger partial charge in [-0.05, 0) is 30.2 Å². The van der Waals surface area contributed by atoms with E-state index in [0.717, 1.165) is 15.5 Å². The smallest absolute Gasteiger partial charge is 0.319 e. The lowest BCUT2D eigenvalue weighted by atomic mass is 10.2. The largest absolute Gasteiger partial charge is 0.338 e. The van der Waals surface area contributed by atoms with Crippen molar-refractivity contribution in [2.45, 2.75) is 23.6 Å². The van der Waals surface area contributed by atoms with E-state index in [2.05, 4.69) is 36.6 Å². The number of rotatable bonds is 5. The molecule has 0 aliphatic heterocycles. The Morgan fingerprint density at radius 1 is 1.05 bits per heavy atom. The molecule has 0 bridgehead atoms. The number of hydrogen-bond acceptors (Lipinski definition) is 2. The molecule has 0 radical (unpaired) electrons. The predicted octanol–water partition coefficient (Wildman–Crippen LogP) is 4.62. The van der Waals surface area contributed by atoms with Crippen LogP contribution in [0.4, 0.5) is 10.5 Å². The molecule has 0 saturated carbocycles. The second-order valence-electron chi connectivity index (χ2n) is 5.14. The fourth-order valence-electron chi connectivity index (χ4n) is 1.74. The third kappa shape index (κ3) is 5.16. The molecular weight excluding hydrogens is 280 g/mol. The average Bonchev–Trinajstić information content (AvgIpc) is 2.48. The summed E-state index contributed by atoms with van der Waals surface area (Å²) in [5.74, 6) is 0.435. The van der Waals surface area contributed by atoms with Crippen LogP contribution in [0.3, 0.4) is 0 Å². The SMILES string of the molecule is CC(C)CNC(=O)Nc1ccccc1Sc1ccccc1. The Bertz CT molecular complexity index is 584. The molecule has 2 aromatic rings. The number of para-hydroxylation sites is 1. The lowest BCUT2D eigenvalue weighted by molar-refractivity contribution is 0.251. The fraction of sp³-hybridized carbons (Fsp3) is 0.235. The van der Waals surface area contributed by atoms with Gasteiger partial charge in [0.2, 0.25) is 0 Å². The average molecular weight is 300 g/mol. The zero-order valence-electron chi connectivity index (χ0n) is 12.3. The van der Waals surface area contributed by atoms with Crippen molar-refractivity contribution in [1.29, 1.82) is 0 Å². The maximum absolute atomic E-state index is 11.9. The van der Waals surface area contributed by atoms with Crippen LogP contribution < -0.4 is 10.6 Å². The topological polar surface area (TPSA) is 41.1 Å². The molecule has 0 fully saturated rings. The quantitative estimate of drug-likeness (QED) is 0.846. The van der Waals surface area contributed by atoms with Gasteiger partial charge >= 0.3 is 6.03 Å². The van der Waals surface area contributed by atoms with Crippen LogP contribution in [0.2, 0.25) is 0 Å². The molecule has 0 heterocycles. The number of amides is 2. The van der Waals surface area contributed by atoms with Crippen molar-refractivity contribution < 1.29 is 4.79 Å². The van der Waals surface area contributed by atoms with Gasteiger partial charge in [-0.15, -0.1) is 0 Å². The summed E-state index contributed by atoms with van der Waals surface area (Å²) >= 11 is 1.64. The van der Waals surface area contributed by atoms with Crippen LogP contribution in [0.25, 0.3) is 0 Å². The van der Waals surface area contributed by atoms with Crippen molar-refractivity contribution >= 4 is 23.5 Å². The number of nitrogens with one attached hydrogen (secondary N) is 2. The molecule has 2 amide bonds. The van der Waals surface area contributed by atoms with Crippen LogP contribution in [-0.4, -0.2) is 12.6 Å². The summed E-state index contributed by atoms with van der Waals surface area (Å²) in [5.41, 5.74) is 0.826. The summed E-state index contributed by atoms with van der Waals surface area (Å²) in [5, 5.41) is 5.78. The van der Waals surface area contributed by atoms with Crippen LogP contribution in [0.15, 0.2) is 64.4 Å². The van der Waals surface area contributed by atoms with Gasteiger partial charge in [0.15, 0.2) is 0 Å². The van der Waals surface area contributed by atoms with Crippen molar-refractivity contribution in [3.8, 4) is 0 Å². The first-order valence-corrected chi connectivity index (χ1v) is 7.83. The van der Waals surface area contributed by atoms with Crippen molar-refractivity contribution in [3.63, 3.8) is 0 Å². The van der Waals surface area contributed by atoms with E-state index in [0.29, 0.717) is 12.5 Å². The molecule has 4 heteroatoms. The highest BCUT2D eigenvalue weighted by molar-refractivity contribution is 7.99. The van der Waals surface area contributed by atoms with Gasteiger partial charge in [0.25, 0.3) is 0 Å². The minimum atomic E-state index is -0.162. The molecule has 0 unspecified atom stereocenters. The molecule has 0 aliphatic carbocycles. The van der Waals surface area contributed by atoms with Crippen molar-refractivity contribution in [1.82, 2.24) is 5.32 Å². The van der Waals surface area contributed by atoms with Crippen molar-refractivity contribution in [2.75, 3.05) is 11.9 Å². The molecule has 2 aromatic carbocycles. The number of anilines is 1. The number of carbonyl (C=O) groups excluding carboxylic acids is 1. The summed E-state index contributed by atoms with van der Waals surface area (Å²) in [7, 11) is 0. The van der Waals surface area contributed by atoms with Crippen molar-refractivity contribution in [3.05, 3.63) is 54.6 Å². The van der Waals surface area contributed by atoms with Gasteiger partial charge in [-0.2, -0.15) is 0 Å². The van der Waals surface area contributed by atoms with Crippen LogP contribution in [-0.2, 0) is 0 Å². The first kappa shape index (κ1) is 15.4. The second kappa shape index (κ2) is 7.74. The van der Waals surface area contributed by atoms with E-state index in [1.807, 2.05) is 42.5 Å². The van der Waals surface area contributed by atoms with Gasteiger partial charge in [0, 0.05) is 16.3 Å². The number of hydrogen-bond donors (Lipinski definition) is 2. The standard InChI is InChI=1S/C17H20N2OS/c1-13(2)12-18-17(20)19-15-10-6-7-11-16(15)21-14-8-4-3-5-9-14/h3-11,13H,12H2,1-2H3,(H2,18,19,20). The maximum Gasteiger partial charge on any atom is 0.319 e. The molecule has 3 nitrogen and oxygen atoms in total. The summed E-state index contributed by atoms with van der Waals surface area (Å²) in [6.45, 7) is 4.80. The van der Waals surface area contributed by atoms with E-state index < -0.39 is 0 Å². The zero-order chi connectivity index (χ0) is 15.1. The third-order valence-corrected chi connectivity index (χ3v) is 3.86.